The highest BCUT2D eigenvalue weighted by molar-refractivity contribution is 6.01. The number of hydrogen-bond acceptors (Lipinski definition) is 7. The van der Waals surface area contributed by atoms with Crippen molar-refractivity contribution in [3.63, 3.8) is 0 Å². The Kier molecular flexibility index (Phi) is 4.89. The summed E-state index contributed by atoms with van der Waals surface area (Å²) in [6.07, 6.45) is 1.06. The van der Waals surface area contributed by atoms with Gasteiger partial charge in [0.2, 0.25) is 5.88 Å². The Labute approximate surface area is 185 Å². The number of Topliss-reactive ketones (excluding diaryl/α,β-unsaturated/α-hetero) is 1. The van der Waals surface area contributed by atoms with Gasteiger partial charge in [0, 0.05) is 23.6 Å². The second-order valence-corrected chi connectivity index (χ2v) is 8.20. The molecule has 7 heteroatoms. The molecule has 2 aliphatic rings. The maximum Gasteiger partial charge on any atom is 0.233 e. The zero-order valence-corrected chi connectivity index (χ0v) is 18.1. The molecule has 0 unspecified atom stereocenters. The standard InChI is InChI=1S/C25H24N2O5/c1-13-22-23(15-6-9-20(30-2)21(12-15)31-3)24-18(26-25(22)32-27-13)10-16(11-19(24)29)14-4-7-17(28)8-5-14/h4-9,12,16,23,26,28H,10-11H2,1-3H3/t16-,23-/m0/s1. The highest BCUT2D eigenvalue weighted by Crippen LogP contribution is 2.50. The molecule has 0 fully saturated rings. The van der Waals surface area contributed by atoms with Gasteiger partial charge in [0.25, 0.3) is 0 Å². The number of carbonyl (C=O) groups excluding carboxylic acids is 1. The van der Waals surface area contributed by atoms with Crippen molar-refractivity contribution in [1.82, 2.24) is 5.16 Å². The predicted octanol–water partition coefficient (Wildman–Crippen LogP) is 4.66. The van der Waals surface area contributed by atoms with Crippen LogP contribution in [0.15, 0.2) is 58.3 Å². The van der Waals surface area contributed by atoms with Gasteiger partial charge in [-0.25, -0.2) is 0 Å². The van der Waals surface area contributed by atoms with Crippen molar-refractivity contribution in [3.8, 4) is 17.2 Å². The van der Waals surface area contributed by atoms with Crippen LogP contribution in [-0.2, 0) is 4.79 Å². The van der Waals surface area contributed by atoms with Crippen LogP contribution in [0.4, 0.5) is 5.88 Å². The highest BCUT2D eigenvalue weighted by Gasteiger charge is 2.41. The van der Waals surface area contributed by atoms with E-state index >= 15 is 0 Å². The van der Waals surface area contributed by atoms with E-state index in [1.807, 2.05) is 37.3 Å². The molecule has 2 heterocycles. The molecule has 1 aromatic heterocycles. The van der Waals surface area contributed by atoms with Crippen LogP contribution >= 0.6 is 0 Å². The quantitative estimate of drug-likeness (QED) is 0.619. The van der Waals surface area contributed by atoms with Gasteiger partial charge in [-0.2, -0.15) is 0 Å². The zero-order chi connectivity index (χ0) is 22.4. The fraction of sp³-hybridized carbons (Fsp3) is 0.280. The van der Waals surface area contributed by atoms with E-state index in [4.69, 9.17) is 14.0 Å². The molecule has 0 bridgehead atoms. The average molecular weight is 432 g/mol. The van der Waals surface area contributed by atoms with Crippen molar-refractivity contribution in [3.05, 3.63) is 76.1 Å². The maximum absolute atomic E-state index is 13.5. The molecule has 1 aliphatic carbocycles. The van der Waals surface area contributed by atoms with Crippen LogP contribution in [0.5, 0.6) is 17.2 Å². The summed E-state index contributed by atoms with van der Waals surface area (Å²) in [6.45, 7) is 1.88. The summed E-state index contributed by atoms with van der Waals surface area (Å²) in [7, 11) is 3.19. The lowest BCUT2D eigenvalue weighted by Gasteiger charge is -2.34. The molecular formula is C25H24N2O5. The number of ether oxygens (including phenoxy) is 2. The van der Waals surface area contributed by atoms with Gasteiger partial charge in [-0.15, -0.1) is 0 Å². The van der Waals surface area contributed by atoms with Crippen molar-refractivity contribution in [2.45, 2.75) is 31.6 Å². The van der Waals surface area contributed by atoms with Crippen molar-refractivity contribution in [2.75, 3.05) is 19.5 Å². The van der Waals surface area contributed by atoms with E-state index in [9.17, 15) is 9.90 Å². The van der Waals surface area contributed by atoms with E-state index in [0.717, 1.165) is 33.7 Å². The lowest BCUT2D eigenvalue weighted by molar-refractivity contribution is -0.116. The molecule has 0 saturated heterocycles. The number of phenols is 1. The van der Waals surface area contributed by atoms with Crippen LogP contribution in [0.2, 0.25) is 0 Å². The molecule has 2 aromatic carbocycles. The minimum atomic E-state index is -0.305. The number of nitrogens with one attached hydrogen (secondary N) is 1. The number of rotatable bonds is 4. The number of carbonyl (C=O) groups is 1. The third-order valence-corrected chi connectivity index (χ3v) is 6.36. The summed E-state index contributed by atoms with van der Waals surface area (Å²) in [6, 6.07) is 12.8. The summed E-state index contributed by atoms with van der Waals surface area (Å²) in [5, 5.41) is 17.1. The third-order valence-electron chi connectivity index (χ3n) is 6.36. The Hall–Kier alpha value is -3.74. The maximum atomic E-state index is 13.5. The Balaban J connectivity index is 1.62. The van der Waals surface area contributed by atoms with Crippen molar-refractivity contribution in [2.24, 2.45) is 0 Å². The summed E-state index contributed by atoms with van der Waals surface area (Å²) in [5.74, 6) is 1.81. The molecule has 2 atom stereocenters. The third kappa shape index (κ3) is 3.21. The first-order valence-electron chi connectivity index (χ1n) is 10.5. The number of benzene rings is 2. The topological polar surface area (TPSA) is 93.8 Å². The van der Waals surface area contributed by atoms with Gasteiger partial charge in [0.05, 0.1) is 25.5 Å². The number of fused-ring (bicyclic) bond motifs is 1. The fourth-order valence-corrected chi connectivity index (χ4v) is 4.82. The molecule has 0 saturated carbocycles. The van der Waals surface area contributed by atoms with Gasteiger partial charge in [-0.05, 0) is 54.7 Å². The van der Waals surface area contributed by atoms with E-state index in [0.29, 0.717) is 30.2 Å². The minimum absolute atomic E-state index is 0.0194. The van der Waals surface area contributed by atoms with Crippen molar-refractivity contribution < 1.29 is 23.9 Å². The monoisotopic (exact) mass is 432 g/mol. The van der Waals surface area contributed by atoms with Crippen LogP contribution in [0.1, 0.15) is 47.1 Å². The van der Waals surface area contributed by atoms with Gasteiger partial charge in [0.1, 0.15) is 5.75 Å². The number of aromatic hydroxyl groups is 1. The Morgan fingerprint density at radius 2 is 1.75 bits per heavy atom. The molecule has 0 spiro atoms. The number of anilines is 1. The lowest BCUT2D eigenvalue weighted by atomic mass is 9.72. The smallest absolute Gasteiger partial charge is 0.233 e. The van der Waals surface area contributed by atoms with Crippen LogP contribution in [0.25, 0.3) is 0 Å². The molecule has 5 rings (SSSR count). The van der Waals surface area contributed by atoms with Gasteiger partial charge in [0.15, 0.2) is 17.3 Å². The number of aromatic nitrogens is 1. The first-order chi connectivity index (χ1) is 15.5. The van der Waals surface area contributed by atoms with Crippen LogP contribution in [0.3, 0.4) is 0 Å². The molecule has 2 N–H and O–H groups in total. The second kappa shape index (κ2) is 7.75. The van der Waals surface area contributed by atoms with Crippen LogP contribution < -0.4 is 14.8 Å². The normalized spacial score (nSPS) is 19.8. The van der Waals surface area contributed by atoms with E-state index in [1.54, 1.807) is 26.4 Å². The van der Waals surface area contributed by atoms with E-state index in [-0.39, 0.29) is 23.4 Å². The lowest BCUT2D eigenvalue weighted by Crippen LogP contribution is -2.29. The first kappa shape index (κ1) is 20.2. The molecule has 1 aliphatic heterocycles. The molecular weight excluding hydrogens is 408 g/mol. The van der Waals surface area contributed by atoms with Crippen molar-refractivity contribution >= 4 is 11.7 Å². The predicted molar refractivity (Wildman–Crippen MR) is 118 cm³/mol. The molecule has 0 radical (unpaired) electrons. The van der Waals surface area contributed by atoms with E-state index in [2.05, 4.69) is 10.5 Å². The van der Waals surface area contributed by atoms with Crippen molar-refractivity contribution in [1.29, 1.82) is 0 Å². The average Bonchev–Trinajstić information content (AvgIpc) is 3.17. The molecule has 3 aromatic rings. The van der Waals surface area contributed by atoms with E-state index in [1.165, 1.54) is 0 Å². The number of hydrogen-bond donors (Lipinski definition) is 2. The number of methoxy groups -OCH3 is 2. The van der Waals surface area contributed by atoms with Gasteiger partial charge < -0.3 is 24.4 Å². The SMILES string of the molecule is COc1ccc([C@@H]2C3=C(C[C@H](c4ccc(O)cc4)CC3=O)Nc3onc(C)c32)cc1OC. The number of allylic oxidation sites excluding steroid dienone is 2. The van der Waals surface area contributed by atoms with Gasteiger partial charge in [-0.1, -0.05) is 23.4 Å². The van der Waals surface area contributed by atoms with Gasteiger partial charge in [-0.3, -0.25) is 4.79 Å². The molecule has 0 amide bonds. The summed E-state index contributed by atoms with van der Waals surface area (Å²) < 4.78 is 16.5. The Morgan fingerprint density at radius 3 is 2.47 bits per heavy atom. The minimum Gasteiger partial charge on any atom is -0.508 e. The second-order valence-electron chi connectivity index (χ2n) is 8.20. The number of phenolic OH excluding ortho intramolecular Hbond substituents is 1. The molecule has 32 heavy (non-hydrogen) atoms. The molecule has 7 nitrogen and oxygen atoms in total. The zero-order valence-electron chi connectivity index (χ0n) is 18.1. The summed E-state index contributed by atoms with van der Waals surface area (Å²) in [4.78, 5) is 13.5. The van der Waals surface area contributed by atoms with Crippen LogP contribution in [0, 0.1) is 6.92 Å². The van der Waals surface area contributed by atoms with Crippen LogP contribution in [-0.4, -0.2) is 30.3 Å². The fourth-order valence-electron chi connectivity index (χ4n) is 4.82. The largest absolute Gasteiger partial charge is 0.508 e. The van der Waals surface area contributed by atoms with Gasteiger partial charge >= 0.3 is 0 Å². The number of nitrogens with zero attached hydrogens (tertiary/aromatic N) is 1. The number of ketones is 1. The Bertz CT molecular complexity index is 1230. The number of aryl methyl sites for hydroxylation is 1. The first-order valence-corrected chi connectivity index (χ1v) is 10.5. The van der Waals surface area contributed by atoms with E-state index < -0.39 is 0 Å². The Morgan fingerprint density at radius 1 is 1.03 bits per heavy atom. The summed E-state index contributed by atoms with van der Waals surface area (Å²) in [5.41, 5.74) is 5.14. The molecule has 164 valence electrons. The highest BCUT2D eigenvalue weighted by atomic mass is 16.5. The summed E-state index contributed by atoms with van der Waals surface area (Å²) >= 11 is 0.